The molecule has 1 aromatic carbocycles. The van der Waals surface area contributed by atoms with Gasteiger partial charge in [-0.05, 0) is 18.9 Å². The molecule has 0 fully saturated rings. The van der Waals surface area contributed by atoms with E-state index in [1.165, 1.54) is 5.56 Å². The van der Waals surface area contributed by atoms with E-state index in [4.69, 9.17) is 0 Å². The molecule has 0 bridgehead atoms. The molecule has 0 saturated carbocycles. The van der Waals surface area contributed by atoms with Crippen molar-refractivity contribution in [1.82, 2.24) is 0 Å². The Labute approximate surface area is 66.2 Å². The third-order valence-electron chi connectivity index (χ3n) is 1.55. The second-order valence-corrected chi connectivity index (χ2v) is 2.64. The molecule has 0 amide bonds. The fraction of sp³-hybridized carbons (Fsp3) is 0.333. The van der Waals surface area contributed by atoms with E-state index in [1.54, 1.807) is 0 Å². The Balaban J connectivity index is 2.57. The molecule has 2 nitrogen and oxygen atoms in total. The lowest BCUT2D eigenvalue weighted by Gasteiger charge is -2.00. The zero-order valence-electron chi connectivity index (χ0n) is 6.53. The lowest BCUT2D eigenvalue weighted by atomic mass is 10.1. The van der Waals surface area contributed by atoms with Gasteiger partial charge in [-0.15, -0.1) is 0 Å². The molecule has 2 heteroatoms. The quantitative estimate of drug-likeness (QED) is 0.607. The zero-order chi connectivity index (χ0) is 8.10. The van der Waals surface area contributed by atoms with Gasteiger partial charge in [0.25, 0.3) is 0 Å². The minimum Gasteiger partial charge on any atom is -0.151 e. The van der Waals surface area contributed by atoms with Crippen molar-refractivity contribution in [2.45, 2.75) is 19.4 Å². The van der Waals surface area contributed by atoms with Crippen molar-refractivity contribution in [3.05, 3.63) is 40.8 Å². The molecule has 0 aromatic heterocycles. The molecule has 0 heterocycles. The van der Waals surface area contributed by atoms with Gasteiger partial charge < -0.3 is 0 Å². The third-order valence-corrected chi connectivity index (χ3v) is 1.55. The molecule has 11 heavy (non-hydrogen) atoms. The van der Waals surface area contributed by atoms with E-state index in [0.29, 0.717) is 0 Å². The van der Waals surface area contributed by atoms with E-state index in [-0.39, 0.29) is 6.04 Å². The summed E-state index contributed by atoms with van der Waals surface area (Å²) in [6.45, 7) is 1.82. The van der Waals surface area contributed by atoms with Gasteiger partial charge in [-0.25, -0.2) is 0 Å². The summed E-state index contributed by atoms with van der Waals surface area (Å²) >= 11 is 0. The summed E-state index contributed by atoms with van der Waals surface area (Å²) in [6, 6.07) is 9.78. The lowest BCUT2D eigenvalue weighted by molar-refractivity contribution is 0.734. The molecule has 1 atom stereocenters. The predicted molar refractivity (Wildman–Crippen MR) is 45.4 cm³/mol. The maximum absolute atomic E-state index is 10.1. The van der Waals surface area contributed by atoms with Crippen molar-refractivity contribution in [2.75, 3.05) is 0 Å². The molecular weight excluding hydrogens is 138 g/mol. The van der Waals surface area contributed by atoms with Gasteiger partial charge in [0, 0.05) is 0 Å². The van der Waals surface area contributed by atoms with Crippen molar-refractivity contribution in [2.24, 2.45) is 5.18 Å². The number of hydrogen-bond donors (Lipinski definition) is 0. The van der Waals surface area contributed by atoms with E-state index in [1.807, 2.05) is 37.3 Å². The minimum atomic E-state index is -0.114. The van der Waals surface area contributed by atoms with Crippen LogP contribution in [0.5, 0.6) is 0 Å². The van der Waals surface area contributed by atoms with Gasteiger partial charge in [0.05, 0.1) is 6.04 Å². The molecule has 0 spiro atoms. The van der Waals surface area contributed by atoms with Crippen LogP contribution in [-0.2, 0) is 6.42 Å². The Morgan fingerprint density at radius 1 is 1.36 bits per heavy atom. The summed E-state index contributed by atoms with van der Waals surface area (Å²) in [5, 5.41) is 2.93. The number of benzene rings is 1. The van der Waals surface area contributed by atoms with Crippen LogP contribution in [0.15, 0.2) is 35.5 Å². The summed E-state index contributed by atoms with van der Waals surface area (Å²) < 4.78 is 0. The van der Waals surface area contributed by atoms with Crippen molar-refractivity contribution in [3.63, 3.8) is 0 Å². The topological polar surface area (TPSA) is 29.4 Å². The van der Waals surface area contributed by atoms with Crippen LogP contribution >= 0.6 is 0 Å². The Bertz CT molecular complexity index is 220. The molecular formula is C9H11NO. The average molecular weight is 149 g/mol. The van der Waals surface area contributed by atoms with Gasteiger partial charge in [-0.3, -0.25) is 0 Å². The van der Waals surface area contributed by atoms with E-state index < -0.39 is 0 Å². The first-order chi connectivity index (χ1) is 5.33. The molecule has 1 aromatic rings. The van der Waals surface area contributed by atoms with Crippen molar-refractivity contribution >= 4 is 0 Å². The van der Waals surface area contributed by atoms with Crippen LogP contribution in [0.25, 0.3) is 0 Å². The standard InChI is InChI=1S/C9H11NO/c1-8(10-11)7-9-5-3-2-4-6-9/h2-6,8H,7H2,1H3. The number of nitroso groups, excluding NO2 is 1. The lowest BCUT2D eigenvalue weighted by Crippen LogP contribution is -2.00. The van der Waals surface area contributed by atoms with Crippen LogP contribution in [0, 0.1) is 4.91 Å². The van der Waals surface area contributed by atoms with E-state index in [0.717, 1.165) is 6.42 Å². The SMILES string of the molecule is CC(Cc1ccccc1)N=O. The highest BCUT2D eigenvalue weighted by atomic mass is 16.3. The maximum atomic E-state index is 10.1. The Hall–Kier alpha value is -1.18. The number of hydrogen-bond acceptors (Lipinski definition) is 2. The van der Waals surface area contributed by atoms with Gasteiger partial charge in [0.15, 0.2) is 0 Å². The van der Waals surface area contributed by atoms with Gasteiger partial charge in [0.2, 0.25) is 0 Å². The summed E-state index contributed by atoms with van der Waals surface area (Å²) in [4.78, 5) is 10.1. The first-order valence-electron chi connectivity index (χ1n) is 3.69. The molecule has 58 valence electrons. The molecule has 1 unspecified atom stereocenters. The summed E-state index contributed by atoms with van der Waals surface area (Å²) in [5.74, 6) is 0. The van der Waals surface area contributed by atoms with Gasteiger partial charge in [-0.2, -0.15) is 4.91 Å². The molecule has 1 rings (SSSR count). The van der Waals surface area contributed by atoms with Crippen molar-refractivity contribution in [1.29, 1.82) is 0 Å². The maximum Gasteiger partial charge on any atom is 0.0931 e. The second-order valence-electron chi connectivity index (χ2n) is 2.64. The fourth-order valence-electron chi connectivity index (χ4n) is 0.992. The summed E-state index contributed by atoms with van der Waals surface area (Å²) in [6.07, 6.45) is 0.740. The van der Waals surface area contributed by atoms with Crippen molar-refractivity contribution < 1.29 is 0 Å². The molecule has 0 aliphatic heterocycles. The van der Waals surface area contributed by atoms with E-state index >= 15 is 0 Å². The monoisotopic (exact) mass is 149 g/mol. The fourth-order valence-corrected chi connectivity index (χ4v) is 0.992. The van der Waals surface area contributed by atoms with Gasteiger partial charge >= 0.3 is 0 Å². The predicted octanol–water partition coefficient (Wildman–Crippen LogP) is 2.38. The summed E-state index contributed by atoms with van der Waals surface area (Å²) in [5.41, 5.74) is 1.17. The van der Waals surface area contributed by atoms with E-state index in [2.05, 4.69) is 5.18 Å². The first kappa shape index (κ1) is 7.92. The van der Waals surface area contributed by atoms with E-state index in [9.17, 15) is 4.91 Å². The highest BCUT2D eigenvalue weighted by molar-refractivity contribution is 5.15. The Kier molecular flexibility index (Phi) is 2.78. The molecule has 0 N–H and O–H groups in total. The Morgan fingerprint density at radius 2 is 2.00 bits per heavy atom. The number of rotatable bonds is 3. The molecule has 0 saturated heterocycles. The average Bonchev–Trinajstić information content (AvgIpc) is 2.06. The first-order valence-corrected chi connectivity index (χ1v) is 3.69. The smallest absolute Gasteiger partial charge is 0.0931 e. The van der Waals surface area contributed by atoms with Crippen LogP contribution in [0.2, 0.25) is 0 Å². The summed E-state index contributed by atoms with van der Waals surface area (Å²) in [7, 11) is 0. The van der Waals surface area contributed by atoms with Crippen LogP contribution in [0.1, 0.15) is 12.5 Å². The van der Waals surface area contributed by atoms with Gasteiger partial charge in [0.1, 0.15) is 0 Å². The second kappa shape index (κ2) is 3.86. The minimum absolute atomic E-state index is 0.114. The zero-order valence-corrected chi connectivity index (χ0v) is 6.53. The van der Waals surface area contributed by atoms with Crippen molar-refractivity contribution in [3.8, 4) is 0 Å². The Morgan fingerprint density at radius 3 is 2.55 bits per heavy atom. The van der Waals surface area contributed by atoms with Gasteiger partial charge in [-0.1, -0.05) is 35.5 Å². The number of nitrogens with zero attached hydrogens (tertiary/aromatic N) is 1. The van der Waals surface area contributed by atoms with Crippen LogP contribution in [-0.4, -0.2) is 6.04 Å². The molecule has 0 radical (unpaired) electrons. The highest BCUT2D eigenvalue weighted by Gasteiger charge is 2.00. The molecule has 0 aliphatic carbocycles. The van der Waals surface area contributed by atoms with Crippen LogP contribution in [0.3, 0.4) is 0 Å². The normalized spacial score (nSPS) is 12.5. The highest BCUT2D eigenvalue weighted by Crippen LogP contribution is 2.04. The van der Waals surface area contributed by atoms with Crippen LogP contribution in [0.4, 0.5) is 0 Å². The molecule has 0 aliphatic rings. The third kappa shape index (κ3) is 2.50. The largest absolute Gasteiger partial charge is 0.151 e. The van der Waals surface area contributed by atoms with Crippen LogP contribution < -0.4 is 0 Å².